The zero-order valence-electron chi connectivity index (χ0n) is 7.05. The van der Waals surface area contributed by atoms with Crippen molar-refractivity contribution in [1.29, 1.82) is 0 Å². The lowest BCUT2D eigenvalue weighted by molar-refractivity contribution is 0.465. The number of phenols is 1. The smallest absolute Gasteiger partial charge is 0.120 e. The first-order chi connectivity index (χ1) is 6.18. The van der Waals surface area contributed by atoms with Gasteiger partial charge in [0.15, 0.2) is 0 Å². The van der Waals surface area contributed by atoms with Crippen molar-refractivity contribution in [2.75, 3.05) is 0 Å². The second kappa shape index (κ2) is 2.78. The number of rotatable bonds is 1. The van der Waals surface area contributed by atoms with E-state index in [-0.39, 0.29) is 5.41 Å². The normalized spacial score (nSPS) is 17.8. The Balaban J connectivity index is 2.52. The Morgan fingerprint density at radius 2 is 2.15 bits per heavy atom. The fraction of sp³-hybridized carbons (Fsp3) is 0.273. The number of hydrogen-bond acceptors (Lipinski definition) is 1. The minimum atomic E-state index is -0.187. The second-order valence-electron chi connectivity index (χ2n) is 3.39. The molecule has 0 radical (unpaired) electrons. The Bertz CT molecular complexity index is 386. The molecule has 0 saturated heterocycles. The Morgan fingerprint density at radius 1 is 1.46 bits per heavy atom. The maximum atomic E-state index is 9.63. The van der Waals surface area contributed by atoms with Gasteiger partial charge in [-0.1, -0.05) is 21.9 Å². The highest BCUT2D eigenvalue weighted by Gasteiger charge is 2.44. The zero-order chi connectivity index (χ0) is 9.47. The summed E-state index contributed by atoms with van der Waals surface area (Å²) in [6, 6.07) is 5.39. The average molecular weight is 237 g/mol. The number of benzene rings is 1. The van der Waals surface area contributed by atoms with Crippen LogP contribution in [0.15, 0.2) is 22.7 Å². The number of terminal acetylenes is 1. The molecule has 1 nitrogen and oxygen atoms in total. The van der Waals surface area contributed by atoms with Crippen LogP contribution in [0.2, 0.25) is 0 Å². The summed E-state index contributed by atoms with van der Waals surface area (Å²) in [7, 11) is 0. The van der Waals surface area contributed by atoms with Crippen LogP contribution >= 0.6 is 15.9 Å². The van der Waals surface area contributed by atoms with Gasteiger partial charge in [-0.05, 0) is 31.0 Å². The van der Waals surface area contributed by atoms with Gasteiger partial charge >= 0.3 is 0 Å². The highest BCUT2D eigenvalue weighted by Crippen LogP contribution is 2.50. The monoisotopic (exact) mass is 236 g/mol. The third kappa shape index (κ3) is 1.34. The van der Waals surface area contributed by atoms with Crippen molar-refractivity contribution in [2.24, 2.45) is 0 Å². The highest BCUT2D eigenvalue weighted by molar-refractivity contribution is 9.10. The first-order valence-electron chi connectivity index (χ1n) is 4.15. The summed E-state index contributed by atoms with van der Waals surface area (Å²) >= 11 is 3.37. The lowest BCUT2D eigenvalue weighted by Gasteiger charge is -2.10. The van der Waals surface area contributed by atoms with Crippen LogP contribution in [0.25, 0.3) is 0 Å². The minimum absolute atomic E-state index is 0.187. The molecular formula is C11H9BrO. The molecule has 2 rings (SSSR count). The second-order valence-corrected chi connectivity index (χ2v) is 4.30. The molecule has 2 heteroatoms. The number of hydrogen-bond donors (Lipinski definition) is 1. The number of halogens is 1. The van der Waals surface area contributed by atoms with E-state index in [2.05, 4.69) is 21.9 Å². The molecule has 0 aliphatic heterocycles. The summed E-state index contributed by atoms with van der Waals surface area (Å²) in [6.07, 6.45) is 7.40. The Hall–Kier alpha value is -0.940. The summed E-state index contributed by atoms with van der Waals surface area (Å²) in [6.45, 7) is 0. The molecular weight excluding hydrogens is 228 g/mol. The van der Waals surface area contributed by atoms with E-state index in [1.54, 1.807) is 6.07 Å². The van der Waals surface area contributed by atoms with Gasteiger partial charge in [0.05, 0.1) is 5.41 Å². The topological polar surface area (TPSA) is 20.2 Å². The molecule has 1 aliphatic carbocycles. The van der Waals surface area contributed by atoms with Gasteiger partial charge < -0.3 is 5.11 Å². The van der Waals surface area contributed by atoms with Crippen LogP contribution in [-0.2, 0) is 5.41 Å². The molecule has 1 aromatic carbocycles. The molecule has 1 N–H and O–H groups in total. The van der Waals surface area contributed by atoms with E-state index in [0.29, 0.717) is 5.75 Å². The molecule has 0 aromatic heterocycles. The fourth-order valence-corrected chi connectivity index (χ4v) is 1.87. The zero-order valence-corrected chi connectivity index (χ0v) is 8.63. The Labute approximate surface area is 85.9 Å². The maximum Gasteiger partial charge on any atom is 0.120 e. The standard InChI is InChI=1S/C11H9BrO/c1-2-11(5-6-11)9-7-8(12)3-4-10(9)13/h1,3-4,7,13H,5-6H2. The third-order valence-corrected chi connectivity index (χ3v) is 2.99. The molecule has 0 unspecified atom stereocenters. The number of aromatic hydroxyl groups is 1. The first-order valence-corrected chi connectivity index (χ1v) is 4.94. The van der Waals surface area contributed by atoms with Crippen LogP contribution in [0.3, 0.4) is 0 Å². The molecule has 0 bridgehead atoms. The average Bonchev–Trinajstić information content (AvgIpc) is 2.90. The molecule has 1 saturated carbocycles. The Morgan fingerprint density at radius 3 is 2.69 bits per heavy atom. The van der Waals surface area contributed by atoms with Gasteiger partial charge in [0.2, 0.25) is 0 Å². The van der Waals surface area contributed by atoms with Crippen molar-refractivity contribution in [3.63, 3.8) is 0 Å². The summed E-state index contributed by atoms with van der Waals surface area (Å²) in [4.78, 5) is 0. The summed E-state index contributed by atoms with van der Waals surface area (Å²) < 4.78 is 0.960. The van der Waals surface area contributed by atoms with Crippen molar-refractivity contribution >= 4 is 15.9 Å². The van der Waals surface area contributed by atoms with Crippen LogP contribution in [0.4, 0.5) is 0 Å². The molecule has 1 aliphatic rings. The van der Waals surface area contributed by atoms with Gasteiger partial charge in [-0.15, -0.1) is 6.42 Å². The molecule has 1 fully saturated rings. The quantitative estimate of drug-likeness (QED) is 0.744. The Kier molecular flexibility index (Phi) is 1.85. The van der Waals surface area contributed by atoms with Crippen LogP contribution < -0.4 is 0 Å². The van der Waals surface area contributed by atoms with Gasteiger partial charge in [-0.2, -0.15) is 0 Å². The van der Waals surface area contributed by atoms with Gasteiger partial charge in [0.25, 0.3) is 0 Å². The van der Waals surface area contributed by atoms with E-state index >= 15 is 0 Å². The van der Waals surface area contributed by atoms with Crippen LogP contribution in [0.5, 0.6) is 5.75 Å². The highest BCUT2D eigenvalue weighted by atomic mass is 79.9. The fourth-order valence-electron chi connectivity index (χ4n) is 1.51. The van der Waals surface area contributed by atoms with E-state index in [0.717, 1.165) is 22.9 Å². The minimum Gasteiger partial charge on any atom is -0.508 e. The van der Waals surface area contributed by atoms with E-state index in [1.807, 2.05) is 12.1 Å². The van der Waals surface area contributed by atoms with E-state index in [9.17, 15) is 5.11 Å². The predicted octanol–water partition coefficient (Wildman–Crippen LogP) is 2.82. The first kappa shape index (κ1) is 8.65. The van der Waals surface area contributed by atoms with E-state index in [1.165, 1.54) is 0 Å². The van der Waals surface area contributed by atoms with Gasteiger partial charge in [-0.25, -0.2) is 0 Å². The van der Waals surface area contributed by atoms with Crippen LogP contribution in [-0.4, -0.2) is 5.11 Å². The largest absolute Gasteiger partial charge is 0.508 e. The number of phenolic OH excluding ortho intramolecular Hbond substituents is 1. The van der Waals surface area contributed by atoms with Gasteiger partial charge in [0.1, 0.15) is 5.75 Å². The van der Waals surface area contributed by atoms with Gasteiger partial charge in [0, 0.05) is 10.0 Å². The third-order valence-electron chi connectivity index (χ3n) is 2.50. The van der Waals surface area contributed by atoms with Crippen molar-refractivity contribution in [3.8, 4) is 18.1 Å². The molecule has 1 aromatic rings. The molecule has 13 heavy (non-hydrogen) atoms. The SMILES string of the molecule is C#CC1(c2cc(Br)ccc2O)CC1. The molecule has 0 heterocycles. The van der Waals surface area contributed by atoms with Crippen LogP contribution in [0.1, 0.15) is 18.4 Å². The van der Waals surface area contributed by atoms with E-state index in [4.69, 9.17) is 6.42 Å². The molecule has 0 amide bonds. The summed E-state index contributed by atoms with van der Waals surface area (Å²) in [5, 5.41) is 9.63. The summed E-state index contributed by atoms with van der Waals surface area (Å²) in [5.41, 5.74) is 0.692. The van der Waals surface area contributed by atoms with Crippen molar-refractivity contribution in [2.45, 2.75) is 18.3 Å². The summed E-state index contributed by atoms with van der Waals surface area (Å²) in [5.74, 6) is 3.06. The van der Waals surface area contributed by atoms with Crippen LogP contribution in [0, 0.1) is 12.3 Å². The van der Waals surface area contributed by atoms with Crippen molar-refractivity contribution in [3.05, 3.63) is 28.2 Å². The lowest BCUT2D eigenvalue weighted by Crippen LogP contribution is -2.02. The van der Waals surface area contributed by atoms with Gasteiger partial charge in [-0.3, -0.25) is 0 Å². The molecule has 0 spiro atoms. The lowest BCUT2D eigenvalue weighted by atomic mass is 9.96. The maximum absolute atomic E-state index is 9.63. The van der Waals surface area contributed by atoms with Crippen molar-refractivity contribution in [1.82, 2.24) is 0 Å². The van der Waals surface area contributed by atoms with Crippen molar-refractivity contribution < 1.29 is 5.11 Å². The van der Waals surface area contributed by atoms with E-state index < -0.39 is 0 Å². The predicted molar refractivity (Wildman–Crippen MR) is 55.6 cm³/mol. The molecule has 0 atom stereocenters. The molecule has 66 valence electrons.